The van der Waals surface area contributed by atoms with Crippen molar-refractivity contribution in [2.24, 2.45) is 0 Å². The van der Waals surface area contributed by atoms with Gasteiger partial charge in [0.1, 0.15) is 31.4 Å². The third-order valence-corrected chi connectivity index (χ3v) is 4.24. The number of hydrogen-bond donors (Lipinski definition) is 0. The Morgan fingerprint density at radius 1 is 1.21 bits per heavy atom. The van der Waals surface area contributed by atoms with Crippen molar-refractivity contribution in [2.45, 2.75) is 45.6 Å². The minimum absolute atomic E-state index is 0.0769. The first-order valence-electron chi connectivity index (χ1n) is 8.84. The maximum atomic E-state index is 12.5. The van der Waals surface area contributed by atoms with Gasteiger partial charge in [0.15, 0.2) is 16.9 Å². The van der Waals surface area contributed by atoms with Crippen molar-refractivity contribution in [1.29, 1.82) is 0 Å². The van der Waals surface area contributed by atoms with Gasteiger partial charge in [-0.3, -0.25) is 28.3 Å². The molecule has 0 aromatic carbocycles. The zero-order valence-electron chi connectivity index (χ0n) is 16.1. The van der Waals surface area contributed by atoms with Gasteiger partial charge in [-0.2, -0.15) is 0 Å². The lowest BCUT2D eigenvalue weighted by molar-refractivity contribution is -0.155. The molecule has 0 unspecified atom stereocenters. The van der Waals surface area contributed by atoms with E-state index < -0.39 is 35.9 Å². The topological polar surface area (TPSA) is 132 Å². The smallest absolute Gasteiger partial charge is 0.303 e. The van der Waals surface area contributed by atoms with Crippen molar-refractivity contribution < 1.29 is 28.6 Å². The molecule has 1 aliphatic heterocycles. The predicted octanol–water partition coefficient (Wildman–Crippen LogP) is 0.435. The van der Waals surface area contributed by atoms with Crippen LogP contribution in [-0.2, 0) is 28.6 Å². The molecular formula is C18H20N4O7. The highest BCUT2D eigenvalue weighted by Gasteiger charge is 2.40. The molecule has 2 aromatic heterocycles. The molecule has 3 atom stereocenters. The molecule has 1 saturated heterocycles. The highest BCUT2D eigenvalue weighted by Crippen LogP contribution is 2.32. The Balaban J connectivity index is 1.88. The third kappa shape index (κ3) is 4.57. The van der Waals surface area contributed by atoms with Crippen molar-refractivity contribution in [2.75, 3.05) is 6.61 Å². The van der Waals surface area contributed by atoms with Crippen LogP contribution in [0.25, 0.3) is 17.4 Å². The fourth-order valence-corrected chi connectivity index (χ4v) is 2.98. The number of esters is 2. The normalized spacial score (nSPS) is 21.6. The van der Waals surface area contributed by atoms with E-state index in [1.807, 2.05) is 0 Å². The fourth-order valence-electron chi connectivity index (χ4n) is 2.98. The second kappa shape index (κ2) is 8.35. The van der Waals surface area contributed by atoms with Crippen LogP contribution in [0, 0.1) is 0 Å². The summed E-state index contributed by atoms with van der Waals surface area (Å²) in [5, 5.41) is 0. The van der Waals surface area contributed by atoms with Crippen LogP contribution in [0.15, 0.2) is 23.5 Å². The van der Waals surface area contributed by atoms with Crippen molar-refractivity contribution >= 4 is 35.1 Å². The van der Waals surface area contributed by atoms with Crippen LogP contribution in [0.2, 0.25) is 0 Å². The second-order valence-electron chi connectivity index (χ2n) is 6.52. The summed E-state index contributed by atoms with van der Waals surface area (Å²) in [6, 6.07) is 0. The Kier molecular flexibility index (Phi) is 5.87. The summed E-state index contributed by atoms with van der Waals surface area (Å²) in [7, 11) is 0. The number of rotatable bonds is 6. The molecule has 0 spiro atoms. The largest absolute Gasteiger partial charge is 0.463 e. The van der Waals surface area contributed by atoms with Crippen LogP contribution < -0.4 is 5.56 Å². The first-order chi connectivity index (χ1) is 13.8. The monoisotopic (exact) mass is 404 g/mol. The first kappa shape index (κ1) is 20.4. The van der Waals surface area contributed by atoms with E-state index in [2.05, 4.69) is 9.97 Å². The molecule has 0 saturated carbocycles. The number of allylic oxidation sites excluding steroid dienone is 1. The van der Waals surface area contributed by atoms with Crippen LogP contribution in [0.5, 0.6) is 0 Å². The first-order valence-corrected chi connectivity index (χ1v) is 8.84. The zero-order valence-corrected chi connectivity index (χ0v) is 16.1. The molecule has 1 aliphatic rings. The standard InChI is InChI=1S/C18H20N4O7/c1-10(23)4-5-21-8-20-17-16(18(21)26)19-9-22(17)15-6-13(28-12(3)25)14(29-15)7-27-11(2)24/h4-5,8-9,13-15H,6-7H2,1-3H3/b5-4+/t13-,14+,15+/m0/s1. The van der Waals surface area contributed by atoms with Crippen LogP contribution >= 0.6 is 0 Å². The molecule has 2 aromatic rings. The average molecular weight is 404 g/mol. The van der Waals surface area contributed by atoms with Gasteiger partial charge in [0.05, 0.1) is 6.33 Å². The molecule has 0 aliphatic carbocycles. The maximum Gasteiger partial charge on any atom is 0.303 e. The minimum atomic E-state index is -0.663. The van der Waals surface area contributed by atoms with Crippen LogP contribution in [0.1, 0.15) is 33.4 Å². The van der Waals surface area contributed by atoms with Gasteiger partial charge < -0.3 is 14.2 Å². The summed E-state index contributed by atoms with van der Waals surface area (Å²) in [5.74, 6) is -1.18. The molecule has 0 radical (unpaired) electrons. The molecule has 3 rings (SSSR count). The maximum absolute atomic E-state index is 12.5. The average Bonchev–Trinajstić information content (AvgIpc) is 3.23. The minimum Gasteiger partial charge on any atom is -0.463 e. The lowest BCUT2D eigenvalue weighted by Gasteiger charge is -2.17. The Bertz CT molecular complexity index is 1040. The van der Waals surface area contributed by atoms with Crippen molar-refractivity contribution in [1.82, 2.24) is 19.1 Å². The number of nitrogens with zero attached hydrogens (tertiary/aromatic N) is 4. The predicted molar refractivity (Wildman–Crippen MR) is 98.5 cm³/mol. The summed E-state index contributed by atoms with van der Waals surface area (Å²) >= 11 is 0. The van der Waals surface area contributed by atoms with Gasteiger partial charge in [0.25, 0.3) is 5.56 Å². The summed E-state index contributed by atoms with van der Waals surface area (Å²) in [4.78, 5) is 54.5. The number of carbonyl (C=O) groups is 3. The molecule has 11 heteroatoms. The van der Waals surface area contributed by atoms with Crippen molar-refractivity contribution in [3.05, 3.63) is 29.1 Å². The van der Waals surface area contributed by atoms with Gasteiger partial charge in [-0.25, -0.2) is 9.97 Å². The van der Waals surface area contributed by atoms with E-state index in [1.165, 1.54) is 45.7 Å². The van der Waals surface area contributed by atoms with E-state index in [9.17, 15) is 19.2 Å². The summed E-state index contributed by atoms with van der Waals surface area (Å²) in [5.41, 5.74) is -0.0730. The fraction of sp³-hybridized carbons (Fsp3) is 0.444. The van der Waals surface area contributed by atoms with Gasteiger partial charge in [0, 0.05) is 26.5 Å². The van der Waals surface area contributed by atoms with Gasteiger partial charge >= 0.3 is 11.9 Å². The van der Waals surface area contributed by atoms with Gasteiger partial charge in [0.2, 0.25) is 0 Å². The number of ketones is 1. The number of fused-ring (bicyclic) bond motifs is 1. The SMILES string of the molecule is CC(=O)/C=C/n1cnc2c(ncn2[C@H]2C[C@H](OC(C)=O)[C@@H](COC(C)=O)O2)c1=O. The molecular weight excluding hydrogens is 384 g/mol. The molecule has 154 valence electrons. The number of ether oxygens (including phenoxy) is 3. The summed E-state index contributed by atoms with van der Waals surface area (Å²) in [6.45, 7) is 3.84. The van der Waals surface area contributed by atoms with Crippen molar-refractivity contribution in [3.63, 3.8) is 0 Å². The number of imidazole rings is 1. The van der Waals surface area contributed by atoms with E-state index >= 15 is 0 Å². The number of carbonyl (C=O) groups excluding carboxylic acids is 3. The summed E-state index contributed by atoms with van der Waals surface area (Å²) in [6.07, 6.45) is 3.59. The second-order valence-corrected chi connectivity index (χ2v) is 6.52. The van der Waals surface area contributed by atoms with E-state index in [0.717, 1.165) is 4.57 Å². The van der Waals surface area contributed by atoms with Crippen LogP contribution in [0.3, 0.4) is 0 Å². The zero-order chi connectivity index (χ0) is 21.1. The lowest BCUT2D eigenvalue weighted by Crippen LogP contribution is -2.31. The Morgan fingerprint density at radius 2 is 1.97 bits per heavy atom. The molecule has 0 amide bonds. The third-order valence-electron chi connectivity index (χ3n) is 4.24. The lowest BCUT2D eigenvalue weighted by atomic mass is 10.2. The quantitative estimate of drug-likeness (QED) is 0.497. The highest BCUT2D eigenvalue weighted by molar-refractivity contribution is 5.89. The summed E-state index contributed by atoms with van der Waals surface area (Å²) < 4.78 is 18.9. The Morgan fingerprint density at radius 3 is 2.62 bits per heavy atom. The van der Waals surface area contributed by atoms with E-state index in [0.29, 0.717) is 0 Å². The van der Waals surface area contributed by atoms with E-state index in [1.54, 1.807) is 4.57 Å². The molecule has 0 N–H and O–H groups in total. The van der Waals surface area contributed by atoms with E-state index in [-0.39, 0.29) is 30.0 Å². The Hall–Kier alpha value is -3.34. The molecule has 3 heterocycles. The van der Waals surface area contributed by atoms with E-state index in [4.69, 9.17) is 14.2 Å². The molecule has 0 bridgehead atoms. The highest BCUT2D eigenvalue weighted by atomic mass is 16.6. The molecule has 29 heavy (non-hydrogen) atoms. The molecule has 1 fully saturated rings. The molecule has 11 nitrogen and oxygen atoms in total. The Labute approximate surface area is 164 Å². The number of hydrogen-bond acceptors (Lipinski definition) is 9. The van der Waals surface area contributed by atoms with Gasteiger partial charge in [-0.05, 0) is 13.0 Å². The van der Waals surface area contributed by atoms with Gasteiger partial charge in [-0.1, -0.05) is 0 Å². The van der Waals surface area contributed by atoms with Gasteiger partial charge in [-0.15, -0.1) is 0 Å². The number of aromatic nitrogens is 4. The van der Waals surface area contributed by atoms with Crippen molar-refractivity contribution in [3.8, 4) is 0 Å². The van der Waals surface area contributed by atoms with Crippen LogP contribution in [-0.4, -0.2) is 55.6 Å². The van der Waals surface area contributed by atoms with Crippen LogP contribution in [0.4, 0.5) is 0 Å².